The van der Waals surface area contributed by atoms with Crippen molar-refractivity contribution in [3.8, 4) is 0 Å². The van der Waals surface area contributed by atoms with Crippen molar-refractivity contribution in [1.29, 1.82) is 0 Å². The Morgan fingerprint density at radius 2 is 2.24 bits per heavy atom. The van der Waals surface area contributed by atoms with Gasteiger partial charge in [0.25, 0.3) is 0 Å². The topological polar surface area (TPSA) is 43.7 Å². The van der Waals surface area contributed by atoms with Crippen molar-refractivity contribution >= 4 is 17.3 Å². The van der Waals surface area contributed by atoms with Gasteiger partial charge in [-0.1, -0.05) is 24.6 Å². The van der Waals surface area contributed by atoms with E-state index in [9.17, 15) is 10.2 Å². The van der Waals surface area contributed by atoms with E-state index < -0.39 is 0 Å². The van der Waals surface area contributed by atoms with Crippen molar-refractivity contribution in [3.63, 3.8) is 0 Å². The summed E-state index contributed by atoms with van der Waals surface area (Å²) < 4.78 is 0. The lowest BCUT2D eigenvalue weighted by molar-refractivity contribution is 0.0970. The molecule has 0 amide bonds. The van der Waals surface area contributed by atoms with E-state index in [0.717, 1.165) is 30.8 Å². The lowest BCUT2D eigenvalue weighted by Gasteiger charge is -2.37. The summed E-state index contributed by atoms with van der Waals surface area (Å²) in [5.41, 5.74) is 1.76. The van der Waals surface area contributed by atoms with Crippen LogP contribution in [0.3, 0.4) is 0 Å². The molecule has 1 saturated heterocycles. The van der Waals surface area contributed by atoms with E-state index in [1.54, 1.807) is 6.07 Å². The van der Waals surface area contributed by atoms with Crippen LogP contribution in [0.25, 0.3) is 0 Å². The highest BCUT2D eigenvalue weighted by atomic mass is 35.5. The Hall–Kier alpha value is -0.770. The van der Waals surface area contributed by atoms with Gasteiger partial charge < -0.3 is 15.1 Å². The van der Waals surface area contributed by atoms with Crippen LogP contribution in [0.2, 0.25) is 5.02 Å². The maximum atomic E-state index is 9.72. The molecular formula is C13H18ClNO2. The van der Waals surface area contributed by atoms with Gasteiger partial charge in [-0.25, -0.2) is 0 Å². The van der Waals surface area contributed by atoms with E-state index >= 15 is 0 Å². The molecule has 4 heteroatoms. The minimum absolute atomic E-state index is 0.0531. The average molecular weight is 256 g/mol. The Bertz CT molecular complexity index is 397. The predicted octanol–water partition coefficient (Wildman–Crippen LogP) is 2.04. The quantitative estimate of drug-likeness (QED) is 0.850. The van der Waals surface area contributed by atoms with E-state index in [2.05, 4.69) is 4.90 Å². The van der Waals surface area contributed by atoms with E-state index in [4.69, 9.17) is 11.6 Å². The maximum absolute atomic E-state index is 9.72. The van der Waals surface area contributed by atoms with E-state index in [0.29, 0.717) is 5.02 Å². The van der Waals surface area contributed by atoms with Crippen LogP contribution in [0.1, 0.15) is 18.9 Å². The van der Waals surface area contributed by atoms with Crippen molar-refractivity contribution < 1.29 is 10.2 Å². The molecule has 1 aromatic carbocycles. The number of aliphatic hydroxyl groups is 2. The minimum atomic E-state index is -0.219. The van der Waals surface area contributed by atoms with Gasteiger partial charge in [-0.05, 0) is 24.5 Å². The fraction of sp³-hybridized carbons (Fsp3) is 0.538. The molecule has 2 rings (SSSR count). The first kappa shape index (κ1) is 12.7. The smallest absolute Gasteiger partial charge is 0.0716 e. The molecular weight excluding hydrogens is 238 g/mol. The maximum Gasteiger partial charge on any atom is 0.0716 e. The summed E-state index contributed by atoms with van der Waals surface area (Å²) >= 11 is 6.08. The van der Waals surface area contributed by atoms with Gasteiger partial charge in [-0.3, -0.25) is 0 Å². The number of benzene rings is 1. The van der Waals surface area contributed by atoms with Gasteiger partial charge >= 0.3 is 0 Å². The lowest BCUT2D eigenvalue weighted by atomic mass is 9.95. The number of nitrogens with zero attached hydrogens (tertiary/aromatic N) is 1. The van der Waals surface area contributed by atoms with Crippen LogP contribution in [-0.4, -0.2) is 29.4 Å². The van der Waals surface area contributed by atoms with Crippen LogP contribution in [0.4, 0.5) is 5.69 Å². The number of hydrogen-bond donors (Lipinski definition) is 2. The second-order valence-corrected chi connectivity index (χ2v) is 5.08. The Balaban J connectivity index is 2.25. The molecule has 2 unspecified atom stereocenters. The van der Waals surface area contributed by atoms with Gasteiger partial charge in [0.2, 0.25) is 0 Å². The lowest BCUT2D eigenvalue weighted by Crippen LogP contribution is -2.42. The van der Waals surface area contributed by atoms with Crippen LogP contribution in [-0.2, 0) is 6.61 Å². The highest BCUT2D eigenvalue weighted by Gasteiger charge is 2.25. The monoisotopic (exact) mass is 255 g/mol. The molecule has 1 aliphatic rings. The molecule has 1 fully saturated rings. The summed E-state index contributed by atoms with van der Waals surface area (Å²) in [6.45, 7) is 3.59. The molecule has 0 radical (unpaired) electrons. The molecule has 1 aliphatic heterocycles. The number of anilines is 1. The standard InChI is InChI=1S/C13H18ClNO2/c1-9-7-15(6-5-13(9)17)12-4-2-3-11(14)10(12)8-16/h2-4,9,13,16-17H,5-8H2,1H3. The van der Waals surface area contributed by atoms with Gasteiger partial charge in [0.05, 0.1) is 12.7 Å². The molecule has 3 nitrogen and oxygen atoms in total. The zero-order valence-electron chi connectivity index (χ0n) is 9.93. The van der Waals surface area contributed by atoms with Crippen LogP contribution >= 0.6 is 11.6 Å². The largest absolute Gasteiger partial charge is 0.393 e. The summed E-state index contributed by atoms with van der Waals surface area (Å²) in [7, 11) is 0. The summed E-state index contributed by atoms with van der Waals surface area (Å²) in [5, 5.41) is 19.7. The second kappa shape index (κ2) is 5.25. The number of rotatable bonds is 2. The average Bonchev–Trinajstić information content (AvgIpc) is 2.32. The first-order chi connectivity index (χ1) is 8.13. The van der Waals surface area contributed by atoms with Crippen LogP contribution in [0.5, 0.6) is 0 Å². The Morgan fingerprint density at radius 3 is 2.88 bits per heavy atom. The van der Waals surface area contributed by atoms with Crippen molar-refractivity contribution in [2.75, 3.05) is 18.0 Å². The molecule has 0 bridgehead atoms. The van der Waals surface area contributed by atoms with Crippen molar-refractivity contribution in [2.45, 2.75) is 26.1 Å². The normalized spacial score (nSPS) is 25.1. The molecule has 17 heavy (non-hydrogen) atoms. The van der Waals surface area contributed by atoms with Gasteiger partial charge in [0, 0.05) is 29.4 Å². The third-order valence-corrected chi connectivity index (χ3v) is 3.81. The zero-order valence-corrected chi connectivity index (χ0v) is 10.7. The van der Waals surface area contributed by atoms with Gasteiger partial charge in [0.15, 0.2) is 0 Å². The number of piperidine rings is 1. The highest BCUT2D eigenvalue weighted by molar-refractivity contribution is 6.31. The third-order valence-electron chi connectivity index (χ3n) is 3.45. The molecule has 0 spiro atoms. The summed E-state index contributed by atoms with van der Waals surface area (Å²) in [6, 6.07) is 5.66. The second-order valence-electron chi connectivity index (χ2n) is 4.67. The van der Waals surface area contributed by atoms with Crippen LogP contribution in [0.15, 0.2) is 18.2 Å². The van der Waals surface area contributed by atoms with Crippen molar-refractivity contribution in [3.05, 3.63) is 28.8 Å². The predicted molar refractivity (Wildman–Crippen MR) is 69.4 cm³/mol. The van der Waals surface area contributed by atoms with E-state index in [1.807, 2.05) is 19.1 Å². The number of hydrogen-bond acceptors (Lipinski definition) is 3. The van der Waals surface area contributed by atoms with E-state index in [1.165, 1.54) is 0 Å². The molecule has 0 saturated carbocycles. The Kier molecular flexibility index (Phi) is 3.92. The fourth-order valence-electron chi connectivity index (χ4n) is 2.35. The van der Waals surface area contributed by atoms with Crippen LogP contribution in [0, 0.1) is 5.92 Å². The first-order valence-electron chi connectivity index (χ1n) is 5.94. The van der Waals surface area contributed by atoms with E-state index in [-0.39, 0.29) is 18.6 Å². The van der Waals surface area contributed by atoms with Gasteiger partial charge in [-0.2, -0.15) is 0 Å². The van der Waals surface area contributed by atoms with Gasteiger partial charge in [0.1, 0.15) is 0 Å². The summed E-state index contributed by atoms with van der Waals surface area (Å²) in [4.78, 5) is 2.19. The number of halogens is 1. The summed E-state index contributed by atoms with van der Waals surface area (Å²) in [5.74, 6) is 0.245. The molecule has 1 heterocycles. The molecule has 0 aliphatic carbocycles. The molecule has 1 aromatic rings. The first-order valence-corrected chi connectivity index (χ1v) is 6.32. The molecule has 2 N–H and O–H groups in total. The molecule has 2 atom stereocenters. The van der Waals surface area contributed by atoms with Gasteiger partial charge in [-0.15, -0.1) is 0 Å². The fourth-order valence-corrected chi connectivity index (χ4v) is 2.58. The third kappa shape index (κ3) is 2.57. The van der Waals surface area contributed by atoms with Crippen molar-refractivity contribution in [2.24, 2.45) is 5.92 Å². The number of aliphatic hydroxyl groups excluding tert-OH is 2. The highest BCUT2D eigenvalue weighted by Crippen LogP contribution is 2.30. The molecule has 0 aromatic heterocycles. The Labute approximate surface area is 107 Å². The SMILES string of the molecule is CC1CN(c2cccc(Cl)c2CO)CCC1O. The molecule has 94 valence electrons. The van der Waals surface area contributed by atoms with Crippen molar-refractivity contribution in [1.82, 2.24) is 0 Å². The zero-order chi connectivity index (χ0) is 12.4. The summed E-state index contributed by atoms with van der Waals surface area (Å²) in [6.07, 6.45) is 0.543. The Morgan fingerprint density at radius 1 is 1.47 bits per heavy atom. The minimum Gasteiger partial charge on any atom is -0.393 e. The van der Waals surface area contributed by atoms with Crippen LogP contribution < -0.4 is 4.90 Å².